The van der Waals surface area contributed by atoms with Crippen molar-refractivity contribution in [2.45, 2.75) is 26.3 Å². The highest BCUT2D eigenvalue weighted by Gasteiger charge is 2.42. The van der Waals surface area contributed by atoms with Crippen molar-refractivity contribution >= 4 is 23.2 Å². The minimum Gasteiger partial charge on any atom is -0.344 e. The van der Waals surface area contributed by atoms with Crippen molar-refractivity contribution in [3.8, 4) is 0 Å². The van der Waals surface area contributed by atoms with Crippen LogP contribution in [0.25, 0.3) is 0 Å². The highest BCUT2D eigenvalue weighted by atomic mass is 32.1. The molecule has 0 spiro atoms. The van der Waals surface area contributed by atoms with E-state index in [1.165, 1.54) is 11.3 Å². The first-order chi connectivity index (χ1) is 17.0. The molecule has 3 heterocycles. The lowest BCUT2D eigenvalue weighted by Gasteiger charge is -2.25. The molecule has 1 aromatic heterocycles. The molecule has 182 valence electrons. The third-order valence-corrected chi connectivity index (χ3v) is 8.40. The maximum atomic E-state index is 13.2. The van der Waals surface area contributed by atoms with Gasteiger partial charge in [0.25, 0.3) is 11.8 Å². The summed E-state index contributed by atoms with van der Waals surface area (Å²) in [5, 5.41) is 5.19. The summed E-state index contributed by atoms with van der Waals surface area (Å²) < 4.78 is 0. The van der Waals surface area contributed by atoms with Crippen LogP contribution in [0.2, 0.25) is 0 Å². The summed E-state index contributed by atoms with van der Waals surface area (Å²) in [6.45, 7) is 8.69. The Morgan fingerprint density at radius 2 is 1.60 bits per heavy atom. The van der Waals surface area contributed by atoms with E-state index in [2.05, 4.69) is 27.2 Å². The van der Waals surface area contributed by atoms with Gasteiger partial charge in [-0.3, -0.25) is 9.59 Å². The van der Waals surface area contributed by atoms with Gasteiger partial charge in [0.15, 0.2) is 0 Å². The summed E-state index contributed by atoms with van der Waals surface area (Å²) in [5.41, 5.74) is 4.13. The molecule has 2 aliphatic heterocycles. The maximum Gasteiger partial charge on any atom is 0.261 e. The average molecular weight is 488 g/mol. The fraction of sp³-hybridized carbons (Fsp3) is 0.379. The standard InChI is InChI=1S/C29H33N3O2S/c1-20-8-6-9-21(2)27(20)29(34)32-18-23-16-31(17-24(23)19-32)14-13-25(22-10-4-3-5-11-22)30-28(33)26-12-7-15-35-26/h3-12,15,23-25H,13-14,16-19H2,1-2H3,(H,30,33)/t23-,24?,25?/m0/s1. The van der Waals surface area contributed by atoms with Crippen molar-refractivity contribution in [3.05, 3.63) is 93.2 Å². The summed E-state index contributed by atoms with van der Waals surface area (Å²) >= 11 is 1.47. The van der Waals surface area contributed by atoms with E-state index in [9.17, 15) is 9.59 Å². The highest BCUT2D eigenvalue weighted by molar-refractivity contribution is 7.12. The van der Waals surface area contributed by atoms with Crippen LogP contribution in [0.4, 0.5) is 0 Å². The first-order valence-corrected chi connectivity index (χ1v) is 13.3. The van der Waals surface area contributed by atoms with Crippen LogP contribution in [0.15, 0.2) is 66.0 Å². The fourth-order valence-electron chi connectivity index (χ4n) is 5.70. The van der Waals surface area contributed by atoms with Gasteiger partial charge in [-0.05, 0) is 60.2 Å². The highest BCUT2D eigenvalue weighted by Crippen LogP contribution is 2.33. The Balaban J connectivity index is 1.18. The summed E-state index contributed by atoms with van der Waals surface area (Å²) in [6.07, 6.45) is 0.867. The first kappa shape index (κ1) is 23.8. The van der Waals surface area contributed by atoms with Crippen molar-refractivity contribution in [1.82, 2.24) is 15.1 Å². The minimum atomic E-state index is -0.0200. The van der Waals surface area contributed by atoms with Crippen molar-refractivity contribution in [2.75, 3.05) is 32.7 Å². The number of likely N-dealkylation sites (tertiary alicyclic amines) is 2. The lowest BCUT2D eigenvalue weighted by Crippen LogP contribution is -2.35. The number of rotatable bonds is 7. The SMILES string of the molecule is Cc1cccc(C)c1C(=O)N1CC2CN(CCC(NC(=O)c3cccs3)c3ccccc3)C[C@H]2C1. The monoisotopic (exact) mass is 487 g/mol. The molecule has 0 saturated carbocycles. The Hall–Kier alpha value is -2.96. The van der Waals surface area contributed by atoms with Crippen molar-refractivity contribution in [3.63, 3.8) is 0 Å². The third kappa shape index (κ3) is 5.19. The van der Waals surface area contributed by atoms with Crippen LogP contribution in [0.3, 0.4) is 0 Å². The quantitative estimate of drug-likeness (QED) is 0.514. The van der Waals surface area contributed by atoms with Gasteiger partial charge in [-0.1, -0.05) is 54.6 Å². The van der Waals surface area contributed by atoms with Crippen molar-refractivity contribution in [1.29, 1.82) is 0 Å². The van der Waals surface area contributed by atoms with E-state index in [-0.39, 0.29) is 17.9 Å². The number of hydrogen-bond donors (Lipinski definition) is 1. The second-order valence-corrected chi connectivity index (χ2v) is 10.9. The molecule has 1 N–H and O–H groups in total. The van der Waals surface area contributed by atoms with Crippen LogP contribution in [-0.4, -0.2) is 54.3 Å². The predicted octanol–water partition coefficient (Wildman–Crippen LogP) is 4.93. The lowest BCUT2D eigenvalue weighted by molar-refractivity contribution is 0.0772. The average Bonchev–Trinajstić information content (AvgIpc) is 3.59. The molecule has 5 rings (SSSR count). The summed E-state index contributed by atoms with van der Waals surface area (Å²) in [4.78, 5) is 31.3. The number of aryl methyl sites for hydroxylation is 2. The molecule has 0 radical (unpaired) electrons. The molecule has 2 aliphatic rings. The van der Waals surface area contributed by atoms with E-state index < -0.39 is 0 Å². The van der Waals surface area contributed by atoms with Crippen LogP contribution in [0.1, 0.15) is 49.2 Å². The number of amides is 2. The molecular formula is C29H33N3O2S. The van der Waals surface area contributed by atoms with E-state index in [1.807, 2.05) is 67.8 Å². The van der Waals surface area contributed by atoms with Crippen LogP contribution >= 0.6 is 11.3 Å². The number of carbonyl (C=O) groups excluding carboxylic acids is 2. The Morgan fingerprint density at radius 1 is 0.914 bits per heavy atom. The van der Waals surface area contributed by atoms with Gasteiger partial charge in [-0.2, -0.15) is 0 Å². The number of fused-ring (bicyclic) bond motifs is 1. The number of thiophene rings is 1. The molecular weight excluding hydrogens is 454 g/mol. The van der Waals surface area contributed by atoms with Gasteiger partial charge < -0.3 is 15.1 Å². The number of hydrogen-bond acceptors (Lipinski definition) is 4. The lowest BCUT2D eigenvalue weighted by atomic mass is 10.0. The van der Waals surface area contributed by atoms with Gasteiger partial charge in [0.2, 0.25) is 0 Å². The van der Waals surface area contributed by atoms with Gasteiger partial charge in [0.05, 0.1) is 10.9 Å². The van der Waals surface area contributed by atoms with Crippen LogP contribution in [0, 0.1) is 25.7 Å². The van der Waals surface area contributed by atoms with E-state index in [0.717, 1.165) is 66.3 Å². The van der Waals surface area contributed by atoms with Crippen LogP contribution < -0.4 is 5.32 Å². The van der Waals surface area contributed by atoms with E-state index in [1.54, 1.807) is 0 Å². The van der Waals surface area contributed by atoms with Crippen molar-refractivity contribution < 1.29 is 9.59 Å². The number of nitrogens with one attached hydrogen (secondary N) is 1. The molecule has 3 atom stereocenters. The zero-order valence-corrected chi connectivity index (χ0v) is 21.3. The molecule has 2 fully saturated rings. The van der Waals surface area contributed by atoms with Gasteiger partial charge in [0, 0.05) is 38.3 Å². The molecule has 2 saturated heterocycles. The number of benzene rings is 2. The third-order valence-electron chi connectivity index (χ3n) is 7.53. The zero-order chi connectivity index (χ0) is 24.4. The molecule has 0 bridgehead atoms. The Labute approximate surface area is 211 Å². The molecule has 35 heavy (non-hydrogen) atoms. The topological polar surface area (TPSA) is 52.7 Å². The predicted molar refractivity (Wildman–Crippen MR) is 141 cm³/mol. The fourth-order valence-corrected chi connectivity index (χ4v) is 6.33. The van der Waals surface area contributed by atoms with E-state index in [4.69, 9.17) is 0 Å². The largest absolute Gasteiger partial charge is 0.344 e. The summed E-state index contributed by atoms with van der Waals surface area (Å²) in [7, 11) is 0. The van der Waals surface area contributed by atoms with Gasteiger partial charge in [0.1, 0.15) is 0 Å². The molecule has 2 amide bonds. The molecule has 5 nitrogen and oxygen atoms in total. The molecule has 0 aliphatic carbocycles. The molecule has 6 heteroatoms. The minimum absolute atomic E-state index is 0.00667. The Kier molecular flexibility index (Phi) is 7.02. The first-order valence-electron chi connectivity index (χ1n) is 12.5. The van der Waals surface area contributed by atoms with E-state index >= 15 is 0 Å². The second kappa shape index (κ2) is 10.3. The molecule has 2 unspecified atom stereocenters. The van der Waals surface area contributed by atoms with Crippen LogP contribution in [-0.2, 0) is 0 Å². The van der Waals surface area contributed by atoms with Gasteiger partial charge in [-0.15, -0.1) is 11.3 Å². The Bertz CT molecular complexity index is 1140. The van der Waals surface area contributed by atoms with Crippen molar-refractivity contribution in [2.24, 2.45) is 11.8 Å². The smallest absolute Gasteiger partial charge is 0.261 e. The van der Waals surface area contributed by atoms with Crippen LogP contribution in [0.5, 0.6) is 0 Å². The Morgan fingerprint density at radius 3 is 2.23 bits per heavy atom. The van der Waals surface area contributed by atoms with E-state index in [0.29, 0.717) is 11.8 Å². The van der Waals surface area contributed by atoms with Gasteiger partial charge in [-0.25, -0.2) is 0 Å². The summed E-state index contributed by atoms with van der Waals surface area (Å²) in [5.74, 6) is 1.23. The maximum absolute atomic E-state index is 13.2. The normalized spacial score (nSPS) is 20.6. The summed E-state index contributed by atoms with van der Waals surface area (Å²) in [6, 6.07) is 20.1. The number of carbonyl (C=O) groups is 2. The number of nitrogens with zero attached hydrogens (tertiary/aromatic N) is 2. The molecule has 2 aromatic carbocycles. The molecule has 3 aromatic rings. The second-order valence-electron chi connectivity index (χ2n) is 9.96. The zero-order valence-electron chi connectivity index (χ0n) is 20.4. The van der Waals surface area contributed by atoms with Gasteiger partial charge >= 0.3 is 0 Å².